The van der Waals surface area contributed by atoms with Gasteiger partial charge in [-0.25, -0.2) is 9.37 Å². The molecule has 0 unspecified atom stereocenters. The predicted molar refractivity (Wildman–Crippen MR) is 60.6 cm³/mol. The van der Waals surface area contributed by atoms with E-state index >= 15 is 0 Å². The number of halogens is 1. The summed E-state index contributed by atoms with van der Waals surface area (Å²) in [4.78, 5) is 4.30. The highest BCUT2D eigenvalue weighted by molar-refractivity contribution is 5.62. The standard InChI is InChI=1S/C13H9FN2/c14-11-5-3-4-10(8-11)13-15-9-12-6-1-2-7-16(12)13/h1-9H. The first kappa shape index (κ1) is 9.09. The Labute approximate surface area is 92.0 Å². The number of hydrogen-bond donors (Lipinski definition) is 0. The first-order valence-electron chi connectivity index (χ1n) is 5.02. The van der Waals surface area contributed by atoms with Crippen molar-refractivity contribution in [3.63, 3.8) is 0 Å². The van der Waals surface area contributed by atoms with Gasteiger partial charge in [-0.15, -0.1) is 0 Å². The lowest BCUT2D eigenvalue weighted by molar-refractivity contribution is 0.628. The maximum Gasteiger partial charge on any atom is 0.144 e. The Balaban J connectivity index is 2.26. The Morgan fingerprint density at radius 1 is 1.06 bits per heavy atom. The van der Waals surface area contributed by atoms with Crippen molar-refractivity contribution < 1.29 is 4.39 Å². The van der Waals surface area contributed by atoms with Gasteiger partial charge in [0.2, 0.25) is 0 Å². The molecule has 0 atom stereocenters. The summed E-state index contributed by atoms with van der Waals surface area (Å²) in [6.45, 7) is 0. The van der Waals surface area contributed by atoms with Gasteiger partial charge >= 0.3 is 0 Å². The van der Waals surface area contributed by atoms with Crippen LogP contribution in [0, 0.1) is 5.82 Å². The lowest BCUT2D eigenvalue weighted by Crippen LogP contribution is -1.88. The van der Waals surface area contributed by atoms with Crippen LogP contribution in [-0.4, -0.2) is 9.38 Å². The first-order valence-corrected chi connectivity index (χ1v) is 5.02. The van der Waals surface area contributed by atoms with Crippen LogP contribution < -0.4 is 0 Å². The van der Waals surface area contributed by atoms with Gasteiger partial charge in [-0.3, -0.25) is 4.40 Å². The van der Waals surface area contributed by atoms with E-state index < -0.39 is 0 Å². The number of rotatable bonds is 1. The quantitative estimate of drug-likeness (QED) is 0.605. The molecule has 78 valence electrons. The summed E-state index contributed by atoms with van der Waals surface area (Å²) >= 11 is 0. The first-order chi connectivity index (χ1) is 7.84. The van der Waals surface area contributed by atoms with E-state index in [1.54, 1.807) is 12.3 Å². The van der Waals surface area contributed by atoms with Crippen molar-refractivity contribution >= 4 is 5.52 Å². The summed E-state index contributed by atoms with van der Waals surface area (Å²) < 4.78 is 15.1. The Kier molecular flexibility index (Phi) is 1.96. The predicted octanol–water partition coefficient (Wildman–Crippen LogP) is 3.14. The van der Waals surface area contributed by atoms with E-state index in [1.807, 2.05) is 34.9 Å². The van der Waals surface area contributed by atoms with Crippen molar-refractivity contribution in [3.8, 4) is 11.4 Å². The molecule has 0 radical (unpaired) electrons. The fourth-order valence-corrected chi connectivity index (χ4v) is 1.79. The van der Waals surface area contributed by atoms with Crippen LogP contribution in [0.3, 0.4) is 0 Å². The van der Waals surface area contributed by atoms with Gasteiger partial charge < -0.3 is 0 Å². The van der Waals surface area contributed by atoms with Gasteiger partial charge in [-0.1, -0.05) is 18.2 Å². The number of imidazole rings is 1. The van der Waals surface area contributed by atoms with Gasteiger partial charge in [0.25, 0.3) is 0 Å². The Bertz CT molecular complexity index is 643. The van der Waals surface area contributed by atoms with Crippen molar-refractivity contribution in [2.24, 2.45) is 0 Å². The molecule has 0 aliphatic rings. The molecule has 3 rings (SSSR count). The zero-order chi connectivity index (χ0) is 11.0. The van der Waals surface area contributed by atoms with E-state index in [-0.39, 0.29) is 5.82 Å². The second-order valence-corrected chi connectivity index (χ2v) is 3.59. The van der Waals surface area contributed by atoms with Crippen LogP contribution in [0.25, 0.3) is 16.9 Å². The van der Waals surface area contributed by atoms with Crippen LogP contribution in [0.5, 0.6) is 0 Å². The molecule has 0 bridgehead atoms. The molecule has 0 aliphatic carbocycles. The normalized spacial score (nSPS) is 10.8. The summed E-state index contributed by atoms with van der Waals surface area (Å²) in [5, 5.41) is 0. The van der Waals surface area contributed by atoms with Gasteiger partial charge in [-0.2, -0.15) is 0 Å². The zero-order valence-electron chi connectivity index (χ0n) is 8.47. The van der Waals surface area contributed by atoms with Crippen molar-refractivity contribution in [1.29, 1.82) is 0 Å². The average Bonchev–Trinajstić information content (AvgIpc) is 2.72. The third-order valence-electron chi connectivity index (χ3n) is 2.52. The molecule has 2 nitrogen and oxygen atoms in total. The molecule has 0 fully saturated rings. The summed E-state index contributed by atoms with van der Waals surface area (Å²) in [5.74, 6) is 0.514. The summed E-state index contributed by atoms with van der Waals surface area (Å²) in [6, 6.07) is 12.3. The monoisotopic (exact) mass is 212 g/mol. The zero-order valence-corrected chi connectivity index (χ0v) is 8.47. The molecule has 1 aromatic carbocycles. The fourth-order valence-electron chi connectivity index (χ4n) is 1.79. The van der Waals surface area contributed by atoms with Crippen LogP contribution in [0.1, 0.15) is 0 Å². The molecule has 0 aliphatic heterocycles. The maximum atomic E-state index is 13.1. The van der Waals surface area contributed by atoms with Crippen LogP contribution >= 0.6 is 0 Å². The summed E-state index contributed by atoms with van der Waals surface area (Å²) in [6.07, 6.45) is 3.70. The maximum absolute atomic E-state index is 13.1. The topological polar surface area (TPSA) is 17.3 Å². The minimum Gasteiger partial charge on any atom is -0.300 e. The second-order valence-electron chi connectivity index (χ2n) is 3.59. The van der Waals surface area contributed by atoms with Crippen molar-refractivity contribution in [1.82, 2.24) is 9.38 Å². The number of nitrogens with zero attached hydrogens (tertiary/aromatic N) is 2. The molecule has 0 saturated carbocycles. The summed E-state index contributed by atoms with van der Waals surface area (Å²) in [7, 11) is 0. The molecular formula is C13H9FN2. The molecule has 3 heteroatoms. The smallest absolute Gasteiger partial charge is 0.144 e. The molecule has 16 heavy (non-hydrogen) atoms. The van der Waals surface area contributed by atoms with Crippen LogP contribution in [0.4, 0.5) is 4.39 Å². The van der Waals surface area contributed by atoms with Crippen molar-refractivity contribution in [2.75, 3.05) is 0 Å². The van der Waals surface area contributed by atoms with E-state index in [2.05, 4.69) is 4.98 Å². The number of fused-ring (bicyclic) bond motifs is 1. The Hall–Kier alpha value is -2.16. The third kappa shape index (κ3) is 1.37. The number of pyridine rings is 1. The molecular weight excluding hydrogens is 203 g/mol. The fraction of sp³-hybridized carbons (Fsp3) is 0. The lowest BCUT2D eigenvalue weighted by atomic mass is 10.2. The number of benzene rings is 1. The van der Waals surface area contributed by atoms with E-state index in [0.29, 0.717) is 0 Å². The van der Waals surface area contributed by atoms with Crippen LogP contribution in [0.15, 0.2) is 54.9 Å². The highest BCUT2D eigenvalue weighted by Gasteiger charge is 2.05. The van der Waals surface area contributed by atoms with Gasteiger partial charge in [-0.05, 0) is 24.3 Å². The van der Waals surface area contributed by atoms with Crippen LogP contribution in [0.2, 0.25) is 0 Å². The summed E-state index contributed by atoms with van der Waals surface area (Å²) in [5.41, 5.74) is 1.79. The number of aromatic nitrogens is 2. The van der Waals surface area contributed by atoms with E-state index in [9.17, 15) is 4.39 Å². The highest BCUT2D eigenvalue weighted by atomic mass is 19.1. The average molecular weight is 212 g/mol. The molecule has 0 amide bonds. The molecule has 0 saturated heterocycles. The molecule has 3 aromatic rings. The minimum absolute atomic E-state index is 0.245. The minimum atomic E-state index is -0.245. The third-order valence-corrected chi connectivity index (χ3v) is 2.52. The van der Waals surface area contributed by atoms with E-state index in [1.165, 1.54) is 12.1 Å². The Morgan fingerprint density at radius 2 is 2.00 bits per heavy atom. The second kappa shape index (κ2) is 3.45. The lowest BCUT2D eigenvalue weighted by Gasteiger charge is -2.00. The van der Waals surface area contributed by atoms with Crippen molar-refractivity contribution in [3.05, 3.63) is 60.7 Å². The Morgan fingerprint density at radius 3 is 2.88 bits per heavy atom. The highest BCUT2D eigenvalue weighted by Crippen LogP contribution is 2.19. The van der Waals surface area contributed by atoms with Gasteiger partial charge in [0.05, 0.1) is 11.7 Å². The van der Waals surface area contributed by atoms with Gasteiger partial charge in [0.1, 0.15) is 11.6 Å². The molecule has 2 aromatic heterocycles. The van der Waals surface area contributed by atoms with Crippen molar-refractivity contribution in [2.45, 2.75) is 0 Å². The van der Waals surface area contributed by atoms with E-state index in [0.717, 1.165) is 16.9 Å². The molecule has 0 N–H and O–H groups in total. The van der Waals surface area contributed by atoms with Gasteiger partial charge in [0, 0.05) is 11.8 Å². The number of hydrogen-bond acceptors (Lipinski definition) is 1. The van der Waals surface area contributed by atoms with Gasteiger partial charge in [0.15, 0.2) is 0 Å². The van der Waals surface area contributed by atoms with E-state index in [4.69, 9.17) is 0 Å². The molecule has 0 spiro atoms. The van der Waals surface area contributed by atoms with Crippen LogP contribution in [-0.2, 0) is 0 Å². The molecule has 2 heterocycles. The SMILES string of the molecule is Fc1cccc(-c2ncc3ccccn23)c1. The largest absolute Gasteiger partial charge is 0.300 e.